The van der Waals surface area contributed by atoms with Crippen molar-refractivity contribution in [3.05, 3.63) is 52.6 Å². The van der Waals surface area contributed by atoms with Crippen LogP contribution in [0.25, 0.3) is 11.2 Å². The number of aliphatic hydroxyl groups excluding tert-OH is 1. The first kappa shape index (κ1) is 21.7. The molecule has 2 heterocycles. The van der Waals surface area contributed by atoms with E-state index in [9.17, 15) is 19.5 Å². The predicted octanol–water partition coefficient (Wildman–Crippen LogP) is 1.47. The summed E-state index contributed by atoms with van der Waals surface area (Å²) >= 11 is 0. The molecule has 0 radical (unpaired) electrons. The number of carbonyl (C=O) groups is 2. The number of amides is 1. The van der Waals surface area contributed by atoms with Crippen molar-refractivity contribution in [1.82, 2.24) is 19.5 Å². The summed E-state index contributed by atoms with van der Waals surface area (Å²) in [5.41, 5.74) is -0.205. The van der Waals surface area contributed by atoms with E-state index in [0.29, 0.717) is 5.56 Å². The Balaban J connectivity index is 1.93. The Kier molecular flexibility index (Phi) is 6.87. The number of hydrogen-bond donors (Lipinski definition) is 3. The van der Waals surface area contributed by atoms with Gasteiger partial charge in [0.25, 0.3) is 5.56 Å². The van der Waals surface area contributed by atoms with Crippen LogP contribution in [0, 0.1) is 5.92 Å². The van der Waals surface area contributed by atoms with Crippen molar-refractivity contribution >= 4 is 29.0 Å². The van der Waals surface area contributed by atoms with Crippen LogP contribution in [0.3, 0.4) is 0 Å². The summed E-state index contributed by atoms with van der Waals surface area (Å²) in [4.78, 5) is 47.6. The minimum Gasteiger partial charge on any atom is -0.457 e. The van der Waals surface area contributed by atoms with E-state index in [1.807, 2.05) is 0 Å². The second-order valence-electron chi connectivity index (χ2n) is 7.24. The maximum absolute atomic E-state index is 12.5. The molecule has 11 nitrogen and oxygen atoms in total. The van der Waals surface area contributed by atoms with Crippen LogP contribution in [0.5, 0.6) is 0 Å². The van der Waals surface area contributed by atoms with Crippen LogP contribution in [0.4, 0.5) is 5.95 Å². The van der Waals surface area contributed by atoms with Gasteiger partial charge in [-0.15, -0.1) is 0 Å². The highest BCUT2D eigenvalue weighted by Gasteiger charge is 2.23. The topological polar surface area (TPSA) is 148 Å². The zero-order chi connectivity index (χ0) is 24.0. The number of anilines is 1. The number of esters is 1. The van der Waals surface area contributed by atoms with Gasteiger partial charge >= 0.3 is 5.97 Å². The quantitative estimate of drug-likeness (QED) is 0.420. The number of H-pyrrole nitrogens is 1. The minimum absolute atomic E-state index is 0.0213. The van der Waals surface area contributed by atoms with Gasteiger partial charge in [-0.05, 0) is 19.0 Å². The highest BCUT2D eigenvalue weighted by atomic mass is 16.6. The monoisotopic (exact) mass is 444 g/mol. The molecular weight excluding hydrogens is 418 g/mol. The first-order valence-corrected chi connectivity index (χ1v) is 9.89. The van der Waals surface area contributed by atoms with Gasteiger partial charge in [0.05, 0.1) is 24.6 Å². The minimum atomic E-state index is -1.05. The number of fused-ring (bicyclic) bond motifs is 1. The maximum Gasteiger partial charge on any atom is 0.338 e. The molecule has 0 bridgehead atoms. The number of aromatic amines is 1. The smallest absolute Gasteiger partial charge is 0.338 e. The van der Waals surface area contributed by atoms with Crippen molar-refractivity contribution in [1.29, 1.82) is 0 Å². The normalized spacial score (nSPS) is 13.6. The average molecular weight is 444 g/mol. The molecule has 11 heteroatoms. The first-order chi connectivity index (χ1) is 15.8. The van der Waals surface area contributed by atoms with Gasteiger partial charge in [-0.3, -0.25) is 24.5 Å². The summed E-state index contributed by atoms with van der Waals surface area (Å²) in [5, 5.41) is 12.0. The molecule has 0 fully saturated rings. The van der Waals surface area contributed by atoms with Crippen LogP contribution in [-0.2, 0) is 14.3 Å². The SMILES string of the molecule is [2H]C[C@H](CO)O[C@H](COC(=O)c1ccccc1)n1cnc2c(=O)[nH]c(NC(=O)C(C)C)nc21. The molecule has 170 valence electrons. The van der Waals surface area contributed by atoms with Gasteiger partial charge < -0.3 is 14.6 Å². The summed E-state index contributed by atoms with van der Waals surface area (Å²) in [6.45, 7) is 2.38. The molecule has 1 aromatic carbocycles. The van der Waals surface area contributed by atoms with Crippen molar-refractivity contribution in [2.75, 3.05) is 18.5 Å². The molecule has 0 aliphatic rings. The molecule has 0 saturated carbocycles. The molecule has 2 aromatic heterocycles. The molecule has 0 spiro atoms. The number of aromatic nitrogens is 4. The van der Waals surface area contributed by atoms with Gasteiger partial charge in [0.15, 0.2) is 17.4 Å². The lowest BCUT2D eigenvalue weighted by Gasteiger charge is -2.22. The standard InChI is InChI=1S/C21H25N5O6/c1-12(2)18(28)24-21-23-17-16(19(29)25-21)22-11-26(17)15(32-13(3)9-27)10-31-20(30)14-7-5-4-6-8-14/h4-8,11-13,15,27H,9-10H2,1-3H3,(H2,23,24,25,28,29)/t13-,15-/m1/s1/i3D. The summed E-state index contributed by atoms with van der Waals surface area (Å²) in [7, 11) is 0. The van der Waals surface area contributed by atoms with Gasteiger partial charge in [0.2, 0.25) is 11.9 Å². The molecule has 0 aliphatic heterocycles. The van der Waals surface area contributed by atoms with Crippen molar-refractivity contribution in [3.63, 3.8) is 0 Å². The van der Waals surface area contributed by atoms with Crippen LogP contribution in [0.2, 0.25) is 0 Å². The highest BCUT2D eigenvalue weighted by Crippen LogP contribution is 2.19. The Hall–Kier alpha value is -3.57. The van der Waals surface area contributed by atoms with Crippen LogP contribution < -0.4 is 10.9 Å². The van der Waals surface area contributed by atoms with Gasteiger partial charge in [-0.25, -0.2) is 9.78 Å². The van der Waals surface area contributed by atoms with Gasteiger partial charge in [-0.1, -0.05) is 32.0 Å². The summed E-state index contributed by atoms with van der Waals surface area (Å²) in [6.07, 6.45) is -0.654. The van der Waals surface area contributed by atoms with Gasteiger partial charge in [-0.2, -0.15) is 4.98 Å². The summed E-state index contributed by atoms with van der Waals surface area (Å²) in [6, 6.07) is 8.34. The number of aliphatic hydroxyl groups is 1. The molecule has 0 saturated heterocycles. The first-order valence-electron chi connectivity index (χ1n) is 10.6. The fraction of sp³-hybridized carbons (Fsp3) is 0.381. The van der Waals surface area contributed by atoms with Gasteiger partial charge in [0, 0.05) is 7.29 Å². The van der Waals surface area contributed by atoms with Crippen molar-refractivity contribution < 1.29 is 25.5 Å². The second-order valence-corrected chi connectivity index (χ2v) is 7.24. The van der Waals surface area contributed by atoms with Gasteiger partial charge in [0.1, 0.15) is 6.61 Å². The van der Waals surface area contributed by atoms with Crippen molar-refractivity contribution in [2.24, 2.45) is 5.92 Å². The van der Waals surface area contributed by atoms with E-state index < -0.39 is 30.5 Å². The van der Waals surface area contributed by atoms with Crippen LogP contribution in [-0.4, -0.2) is 55.8 Å². The van der Waals surface area contributed by atoms with Crippen molar-refractivity contribution in [3.8, 4) is 0 Å². The van der Waals surface area contributed by atoms with E-state index in [-0.39, 0.29) is 42.4 Å². The second kappa shape index (κ2) is 10.2. The molecule has 32 heavy (non-hydrogen) atoms. The Morgan fingerprint density at radius 3 is 2.72 bits per heavy atom. The van der Waals surface area contributed by atoms with E-state index in [2.05, 4.69) is 20.3 Å². The molecule has 1 amide bonds. The van der Waals surface area contributed by atoms with Crippen LogP contribution in [0.15, 0.2) is 41.5 Å². The lowest BCUT2D eigenvalue weighted by atomic mass is 10.2. The Morgan fingerprint density at radius 2 is 2.06 bits per heavy atom. The summed E-state index contributed by atoms with van der Waals surface area (Å²) < 4.78 is 20.0. The largest absolute Gasteiger partial charge is 0.457 e. The molecule has 2 atom stereocenters. The summed E-state index contributed by atoms with van der Waals surface area (Å²) in [5.74, 6) is -1.36. The fourth-order valence-electron chi connectivity index (χ4n) is 2.71. The third kappa shape index (κ3) is 5.37. The highest BCUT2D eigenvalue weighted by molar-refractivity contribution is 5.91. The zero-order valence-corrected chi connectivity index (χ0v) is 17.6. The number of hydrogen-bond acceptors (Lipinski definition) is 8. The number of nitrogens with zero attached hydrogens (tertiary/aromatic N) is 3. The number of imidazole rings is 1. The Morgan fingerprint density at radius 1 is 1.31 bits per heavy atom. The lowest BCUT2D eigenvalue weighted by molar-refractivity contribution is -0.118. The molecule has 0 aliphatic carbocycles. The van der Waals surface area contributed by atoms with Crippen LogP contribution >= 0.6 is 0 Å². The zero-order valence-electron chi connectivity index (χ0n) is 18.6. The molecule has 3 rings (SSSR count). The molecule has 3 N–H and O–H groups in total. The predicted molar refractivity (Wildman–Crippen MR) is 115 cm³/mol. The fourth-order valence-corrected chi connectivity index (χ4v) is 2.71. The lowest BCUT2D eigenvalue weighted by Crippen LogP contribution is -2.27. The van der Waals surface area contributed by atoms with E-state index in [1.54, 1.807) is 44.2 Å². The number of nitrogens with one attached hydrogen (secondary N) is 2. The van der Waals surface area contributed by atoms with E-state index >= 15 is 0 Å². The average Bonchev–Trinajstić information content (AvgIpc) is 3.24. The number of benzene rings is 1. The van der Waals surface area contributed by atoms with Crippen molar-refractivity contribution in [2.45, 2.75) is 33.1 Å². The molecule has 0 unspecified atom stereocenters. The van der Waals surface area contributed by atoms with Crippen LogP contribution in [0.1, 0.15) is 38.7 Å². The number of ether oxygens (including phenoxy) is 2. The maximum atomic E-state index is 12.5. The Labute approximate surface area is 184 Å². The Bertz CT molecular complexity index is 1160. The van der Waals surface area contributed by atoms with E-state index in [0.717, 1.165) is 0 Å². The van der Waals surface area contributed by atoms with E-state index in [1.165, 1.54) is 10.9 Å². The number of carbonyl (C=O) groups excluding carboxylic acids is 2. The van der Waals surface area contributed by atoms with E-state index in [4.69, 9.17) is 10.8 Å². The third-order valence-corrected chi connectivity index (χ3v) is 4.43. The third-order valence-electron chi connectivity index (χ3n) is 4.43. The molecular formula is C21H25N5O6. The molecule has 3 aromatic rings. The number of rotatable bonds is 9.